The molecular formula is C30H39Cl2FN4O4S. The lowest BCUT2D eigenvalue weighted by atomic mass is 9.62. The Morgan fingerprint density at radius 1 is 1.29 bits per heavy atom. The van der Waals surface area contributed by atoms with Crippen LogP contribution in [0.25, 0.3) is 0 Å². The lowest BCUT2D eigenvalue weighted by molar-refractivity contribution is -0.125. The van der Waals surface area contributed by atoms with Crippen LogP contribution in [0.2, 0.25) is 5.02 Å². The summed E-state index contributed by atoms with van der Waals surface area (Å²) in [6.45, 7) is 11.5. The van der Waals surface area contributed by atoms with Crippen LogP contribution in [-0.4, -0.2) is 56.8 Å². The molecule has 0 aromatic heterocycles. The standard InChI is InChI=1S/C30H39Cl2FN4O4S/c1-17(8-7-9-19(32)16-33)24-25(26(38)34-20-13-29(5,14-20)37-42(6,40)41)36-23(15-28(2,3)4)30(24)21-11-10-18(31)12-22(21)35-27(30)39/h7-12,20,23-25,36-37H,1,13-16H2,2-6H3,(H,34,38)(H,35,39)/b8-7-,19-9+/t20-,23-,24+,25-,29+,30+/m1/s1. The van der Waals surface area contributed by atoms with E-state index in [1.165, 1.54) is 6.08 Å². The largest absolute Gasteiger partial charge is 0.352 e. The lowest BCUT2D eigenvalue weighted by Crippen LogP contribution is -2.63. The van der Waals surface area contributed by atoms with Crippen molar-refractivity contribution in [2.24, 2.45) is 11.3 Å². The second-order valence-corrected chi connectivity index (χ2v) is 15.9. The van der Waals surface area contributed by atoms with Crippen molar-refractivity contribution in [3.8, 4) is 0 Å². The van der Waals surface area contributed by atoms with E-state index in [1.54, 1.807) is 31.2 Å². The van der Waals surface area contributed by atoms with Crippen molar-refractivity contribution in [1.29, 1.82) is 0 Å². The Morgan fingerprint density at radius 2 is 1.95 bits per heavy atom. The average Bonchev–Trinajstić information content (AvgIpc) is 3.30. The van der Waals surface area contributed by atoms with Crippen molar-refractivity contribution in [3.05, 3.63) is 64.2 Å². The second kappa shape index (κ2) is 11.7. The van der Waals surface area contributed by atoms with E-state index in [2.05, 4.69) is 48.0 Å². The zero-order chi connectivity index (χ0) is 31.3. The third kappa shape index (κ3) is 6.63. The van der Waals surface area contributed by atoms with Gasteiger partial charge in [0, 0.05) is 39.3 Å². The number of halogens is 3. The number of rotatable bonds is 9. The summed E-state index contributed by atoms with van der Waals surface area (Å²) >= 11 is 12.2. The van der Waals surface area contributed by atoms with Crippen molar-refractivity contribution >= 4 is 50.7 Å². The Balaban J connectivity index is 1.75. The van der Waals surface area contributed by atoms with Gasteiger partial charge in [-0.3, -0.25) is 9.59 Å². The zero-order valence-electron chi connectivity index (χ0n) is 24.5. The molecule has 3 aliphatic rings. The number of nitrogens with one attached hydrogen (secondary N) is 4. The number of benzene rings is 1. The maximum atomic E-state index is 14.1. The topological polar surface area (TPSA) is 116 Å². The van der Waals surface area contributed by atoms with E-state index < -0.39 is 45.7 Å². The van der Waals surface area contributed by atoms with Gasteiger partial charge in [0.15, 0.2) is 0 Å². The first-order valence-electron chi connectivity index (χ1n) is 13.8. The van der Waals surface area contributed by atoms with Gasteiger partial charge < -0.3 is 16.0 Å². The van der Waals surface area contributed by atoms with Crippen LogP contribution in [0.1, 0.15) is 52.5 Å². The zero-order valence-corrected chi connectivity index (χ0v) is 26.8. The highest BCUT2D eigenvalue weighted by atomic mass is 35.5. The molecule has 12 heteroatoms. The predicted molar refractivity (Wildman–Crippen MR) is 166 cm³/mol. The van der Waals surface area contributed by atoms with Gasteiger partial charge in [-0.15, -0.1) is 0 Å². The fourth-order valence-corrected chi connectivity index (χ4v) is 8.16. The summed E-state index contributed by atoms with van der Waals surface area (Å²) in [5.41, 5.74) is -0.262. The molecule has 4 atom stereocenters. The summed E-state index contributed by atoms with van der Waals surface area (Å²) in [5.74, 6) is -1.30. The molecule has 1 aliphatic carbocycles. The number of fused-ring (bicyclic) bond motifs is 2. The SMILES string of the molecule is C=C(/C=C\C=C(\Cl)CF)[C@H]1[C@H](C(=O)N[C@H]2C[C@@](C)(NS(C)(=O)=O)C2)N[C@H](CC(C)(C)C)[C@]12C(=O)Nc1cc(Cl)ccc12. The summed E-state index contributed by atoms with van der Waals surface area (Å²) in [7, 11) is -3.41. The summed E-state index contributed by atoms with van der Waals surface area (Å²) in [5, 5.41) is 10.1. The number of sulfonamides is 1. The van der Waals surface area contributed by atoms with Gasteiger partial charge in [0.25, 0.3) is 0 Å². The van der Waals surface area contributed by atoms with Crippen LogP contribution in [0, 0.1) is 11.3 Å². The van der Waals surface area contributed by atoms with Crippen LogP contribution >= 0.6 is 23.2 Å². The Labute approximate surface area is 257 Å². The normalized spacial score (nSPS) is 31.2. The molecule has 0 radical (unpaired) electrons. The van der Waals surface area contributed by atoms with Crippen molar-refractivity contribution in [2.45, 2.75) is 76.0 Å². The minimum absolute atomic E-state index is 0.00699. The molecule has 4 N–H and O–H groups in total. The molecule has 1 aromatic rings. The third-order valence-electron chi connectivity index (χ3n) is 8.19. The molecule has 4 rings (SSSR count). The quantitative estimate of drug-likeness (QED) is 0.292. The van der Waals surface area contributed by atoms with Crippen molar-refractivity contribution in [3.63, 3.8) is 0 Å². The van der Waals surface area contributed by atoms with Crippen LogP contribution in [0.3, 0.4) is 0 Å². The molecule has 1 spiro atoms. The molecule has 2 amide bonds. The monoisotopic (exact) mass is 640 g/mol. The first-order chi connectivity index (χ1) is 19.4. The maximum Gasteiger partial charge on any atom is 0.238 e. The first-order valence-corrected chi connectivity index (χ1v) is 16.5. The number of amides is 2. The third-order valence-corrected chi connectivity index (χ3v) is 9.52. The summed E-state index contributed by atoms with van der Waals surface area (Å²) in [6, 6.07) is 3.70. The molecule has 0 unspecified atom stereocenters. The molecular weight excluding hydrogens is 602 g/mol. The molecule has 1 aromatic carbocycles. The minimum Gasteiger partial charge on any atom is -0.352 e. The smallest absolute Gasteiger partial charge is 0.238 e. The van der Waals surface area contributed by atoms with Crippen LogP contribution in [-0.2, 0) is 25.0 Å². The van der Waals surface area contributed by atoms with E-state index in [0.717, 1.165) is 11.8 Å². The Kier molecular flexibility index (Phi) is 9.09. The Bertz CT molecular complexity index is 1450. The fraction of sp³-hybridized carbons (Fsp3) is 0.533. The number of alkyl halides is 1. The lowest BCUT2D eigenvalue weighted by Gasteiger charge is -2.45. The van der Waals surface area contributed by atoms with Gasteiger partial charge in [-0.1, -0.05) is 68.8 Å². The number of carbonyl (C=O) groups excluding carboxylic acids is 2. The van der Waals surface area contributed by atoms with E-state index in [-0.39, 0.29) is 28.3 Å². The van der Waals surface area contributed by atoms with Crippen LogP contribution in [0.15, 0.2) is 53.6 Å². The highest BCUT2D eigenvalue weighted by Gasteiger charge is 2.66. The Morgan fingerprint density at radius 3 is 2.55 bits per heavy atom. The second-order valence-electron chi connectivity index (χ2n) is 13.2. The molecule has 2 heterocycles. The first kappa shape index (κ1) is 32.7. The predicted octanol–water partition coefficient (Wildman–Crippen LogP) is 4.71. The summed E-state index contributed by atoms with van der Waals surface area (Å²) < 4.78 is 39.2. The number of anilines is 1. The molecule has 2 fully saturated rings. The average molecular weight is 642 g/mol. The van der Waals surface area contributed by atoms with Gasteiger partial charge in [-0.2, -0.15) is 0 Å². The van der Waals surface area contributed by atoms with Crippen LogP contribution in [0.5, 0.6) is 0 Å². The van der Waals surface area contributed by atoms with E-state index in [9.17, 15) is 22.4 Å². The summed E-state index contributed by atoms with van der Waals surface area (Å²) in [4.78, 5) is 28.1. The molecule has 1 saturated heterocycles. The molecule has 0 bridgehead atoms. The van der Waals surface area contributed by atoms with Crippen LogP contribution in [0.4, 0.5) is 10.1 Å². The molecule has 8 nitrogen and oxygen atoms in total. The van der Waals surface area contributed by atoms with Gasteiger partial charge in [-0.05, 0) is 60.9 Å². The van der Waals surface area contributed by atoms with E-state index in [1.807, 2.05) is 6.07 Å². The number of allylic oxidation sites excluding steroid dienone is 4. The number of hydrogen-bond donors (Lipinski definition) is 4. The van der Waals surface area contributed by atoms with Crippen molar-refractivity contribution in [2.75, 3.05) is 18.2 Å². The van der Waals surface area contributed by atoms with Crippen molar-refractivity contribution < 1.29 is 22.4 Å². The molecule has 1 saturated carbocycles. The highest BCUT2D eigenvalue weighted by Crippen LogP contribution is 2.55. The van der Waals surface area contributed by atoms with Gasteiger partial charge >= 0.3 is 0 Å². The molecule has 42 heavy (non-hydrogen) atoms. The number of hydrogen-bond acceptors (Lipinski definition) is 5. The van der Waals surface area contributed by atoms with Gasteiger partial charge in [0.2, 0.25) is 21.8 Å². The van der Waals surface area contributed by atoms with Gasteiger partial charge in [-0.25, -0.2) is 17.5 Å². The minimum atomic E-state index is -3.41. The summed E-state index contributed by atoms with van der Waals surface area (Å²) in [6.07, 6.45) is 7.16. The van der Waals surface area contributed by atoms with E-state index in [4.69, 9.17) is 23.2 Å². The van der Waals surface area contributed by atoms with E-state index in [0.29, 0.717) is 35.5 Å². The number of carbonyl (C=O) groups is 2. The highest BCUT2D eigenvalue weighted by molar-refractivity contribution is 7.88. The van der Waals surface area contributed by atoms with Crippen LogP contribution < -0.4 is 20.7 Å². The molecule has 2 aliphatic heterocycles. The van der Waals surface area contributed by atoms with Gasteiger partial charge in [0.1, 0.15) is 12.1 Å². The maximum absolute atomic E-state index is 14.1. The molecule has 230 valence electrons. The van der Waals surface area contributed by atoms with E-state index >= 15 is 0 Å². The van der Waals surface area contributed by atoms with Crippen molar-refractivity contribution in [1.82, 2.24) is 15.4 Å². The van der Waals surface area contributed by atoms with Gasteiger partial charge in [0.05, 0.1) is 12.3 Å². The Hall–Kier alpha value is -2.24. The fourth-order valence-electron chi connectivity index (χ4n) is 6.85.